The van der Waals surface area contributed by atoms with Crippen molar-refractivity contribution in [3.63, 3.8) is 0 Å². The second kappa shape index (κ2) is 2.94. The Balaban J connectivity index is 3.24. The number of nitrogens with two attached hydrogens (primary N) is 1. The molecule has 0 aliphatic heterocycles. The molecule has 1 heterocycles. The Kier molecular flexibility index (Phi) is 2.16. The number of nitrogen functional groups attached to an aromatic ring is 1. The molecule has 0 atom stereocenters. The summed E-state index contributed by atoms with van der Waals surface area (Å²) >= 11 is 5.63. The lowest BCUT2D eigenvalue weighted by Crippen LogP contribution is -1.90. The lowest BCUT2D eigenvalue weighted by Gasteiger charge is -1.91. The maximum Gasteiger partial charge on any atom is 0.167 e. The monoisotopic (exact) mass is 174 g/mol. The number of rotatable bonds is 2. The van der Waals surface area contributed by atoms with Crippen LogP contribution in [0, 0.1) is 0 Å². The van der Waals surface area contributed by atoms with Crippen LogP contribution >= 0.6 is 11.6 Å². The number of halogens is 1. The van der Waals surface area contributed by atoms with Crippen molar-refractivity contribution < 1.29 is 9.90 Å². The van der Waals surface area contributed by atoms with Crippen LogP contribution in [0.15, 0.2) is 0 Å². The van der Waals surface area contributed by atoms with Crippen molar-refractivity contribution >= 4 is 23.7 Å². The zero-order valence-corrected chi connectivity index (χ0v) is 6.35. The highest BCUT2D eigenvalue weighted by molar-refractivity contribution is 6.34. The van der Waals surface area contributed by atoms with Crippen molar-refractivity contribution in [2.45, 2.75) is 6.61 Å². The fourth-order valence-electron chi connectivity index (χ4n) is 0.792. The first kappa shape index (κ1) is 8.10. The van der Waals surface area contributed by atoms with Gasteiger partial charge in [-0.1, -0.05) is 11.6 Å². The van der Waals surface area contributed by atoms with E-state index < -0.39 is 0 Å². The van der Waals surface area contributed by atoms with E-state index in [0.29, 0.717) is 11.8 Å². The molecule has 0 amide bonds. The van der Waals surface area contributed by atoms with Crippen molar-refractivity contribution in [1.29, 1.82) is 0 Å². The molecule has 60 valence electrons. The Morgan fingerprint density at radius 2 is 2.36 bits per heavy atom. The summed E-state index contributed by atoms with van der Waals surface area (Å²) in [4.78, 5) is 12.8. The van der Waals surface area contributed by atoms with Gasteiger partial charge in [-0.25, -0.2) is 0 Å². The molecule has 0 aliphatic rings. The van der Waals surface area contributed by atoms with E-state index in [9.17, 15) is 4.79 Å². The van der Waals surface area contributed by atoms with Crippen LogP contribution in [0.3, 0.4) is 0 Å². The van der Waals surface area contributed by atoms with Crippen molar-refractivity contribution in [3.05, 3.63) is 16.3 Å². The quantitative estimate of drug-likeness (QED) is 0.573. The van der Waals surface area contributed by atoms with Crippen molar-refractivity contribution in [3.8, 4) is 0 Å². The Hall–Kier alpha value is -1.00. The summed E-state index contributed by atoms with van der Waals surface area (Å²) in [6.45, 7) is -0.269. The van der Waals surface area contributed by atoms with E-state index in [4.69, 9.17) is 22.4 Å². The van der Waals surface area contributed by atoms with Gasteiger partial charge in [-0.15, -0.1) is 0 Å². The second-order valence-corrected chi connectivity index (χ2v) is 2.40. The van der Waals surface area contributed by atoms with Gasteiger partial charge in [0.2, 0.25) is 0 Å². The van der Waals surface area contributed by atoms with Gasteiger partial charge in [-0.2, -0.15) is 0 Å². The number of aromatic amines is 1. The molecule has 4 nitrogen and oxygen atoms in total. The third kappa shape index (κ3) is 1.22. The van der Waals surface area contributed by atoms with Gasteiger partial charge < -0.3 is 15.8 Å². The van der Waals surface area contributed by atoms with E-state index in [2.05, 4.69) is 4.98 Å². The molecule has 1 rings (SSSR count). The van der Waals surface area contributed by atoms with Gasteiger partial charge in [0.15, 0.2) is 6.29 Å². The molecule has 0 saturated heterocycles. The van der Waals surface area contributed by atoms with Gasteiger partial charge in [0.25, 0.3) is 0 Å². The molecule has 0 aliphatic carbocycles. The number of aldehydes is 1. The summed E-state index contributed by atoms with van der Waals surface area (Å²) in [5.41, 5.74) is 5.94. The number of nitrogens with one attached hydrogen (secondary N) is 1. The summed E-state index contributed by atoms with van der Waals surface area (Å²) < 4.78 is 0. The van der Waals surface area contributed by atoms with Crippen LogP contribution in [0.25, 0.3) is 0 Å². The number of H-pyrrole nitrogens is 1. The Labute approximate surface area is 68.0 Å². The maximum absolute atomic E-state index is 10.3. The molecule has 5 heteroatoms. The number of carbonyl (C=O) groups is 1. The standard InChI is InChI=1S/C6H7ClN2O2/c7-5-3(1-10)6(8)9-4(5)2-11/h2,9-10H,1,8H2. The van der Waals surface area contributed by atoms with Gasteiger partial charge in [-0.05, 0) is 0 Å². The minimum absolute atomic E-state index is 0.194. The molecule has 0 saturated carbocycles. The number of hydrogen-bond acceptors (Lipinski definition) is 3. The minimum atomic E-state index is -0.269. The van der Waals surface area contributed by atoms with Gasteiger partial charge >= 0.3 is 0 Å². The highest BCUT2D eigenvalue weighted by atomic mass is 35.5. The fourth-order valence-corrected chi connectivity index (χ4v) is 1.05. The summed E-state index contributed by atoms with van der Waals surface area (Å²) in [7, 11) is 0. The average molecular weight is 175 g/mol. The summed E-state index contributed by atoms with van der Waals surface area (Å²) in [6.07, 6.45) is 0.553. The van der Waals surface area contributed by atoms with Crippen LogP contribution in [0.5, 0.6) is 0 Å². The topological polar surface area (TPSA) is 79.1 Å². The Morgan fingerprint density at radius 1 is 1.73 bits per heavy atom. The molecule has 0 spiro atoms. The highest BCUT2D eigenvalue weighted by Crippen LogP contribution is 2.24. The zero-order chi connectivity index (χ0) is 8.43. The van der Waals surface area contributed by atoms with E-state index in [1.54, 1.807) is 0 Å². The van der Waals surface area contributed by atoms with Gasteiger partial charge in [0, 0.05) is 5.56 Å². The third-order valence-electron chi connectivity index (χ3n) is 1.37. The van der Waals surface area contributed by atoms with Crippen molar-refractivity contribution in [2.24, 2.45) is 0 Å². The number of aromatic nitrogens is 1. The molecule has 0 fully saturated rings. The summed E-state index contributed by atoms with van der Waals surface area (Å²) in [5, 5.41) is 8.90. The number of hydrogen-bond donors (Lipinski definition) is 3. The molecule has 1 aromatic rings. The first-order valence-electron chi connectivity index (χ1n) is 2.92. The van der Waals surface area contributed by atoms with E-state index in [1.165, 1.54) is 0 Å². The first-order valence-corrected chi connectivity index (χ1v) is 3.30. The number of carbonyl (C=O) groups excluding carboxylic acids is 1. The predicted molar refractivity (Wildman–Crippen MR) is 41.5 cm³/mol. The normalized spacial score (nSPS) is 10.0. The van der Waals surface area contributed by atoms with Crippen LogP contribution in [0.2, 0.25) is 5.02 Å². The predicted octanol–water partition coefficient (Wildman–Crippen LogP) is 0.555. The van der Waals surface area contributed by atoms with E-state index in [-0.39, 0.29) is 23.1 Å². The van der Waals surface area contributed by atoms with E-state index >= 15 is 0 Å². The molecule has 0 aromatic carbocycles. The van der Waals surface area contributed by atoms with Gasteiger partial charge in [0.1, 0.15) is 5.82 Å². The summed E-state index contributed by atoms with van der Waals surface area (Å²) in [6, 6.07) is 0. The van der Waals surface area contributed by atoms with Crippen LogP contribution in [-0.2, 0) is 6.61 Å². The molecular weight excluding hydrogens is 168 g/mol. The molecule has 0 radical (unpaired) electrons. The summed E-state index contributed by atoms with van der Waals surface area (Å²) in [5.74, 6) is 0.236. The number of aliphatic hydroxyl groups excluding tert-OH is 1. The number of aliphatic hydroxyl groups is 1. The first-order chi connectivity index (χ1) is 5.20. The van der Waals surface area contributed by atoms with Crippen LogP contribution < -0.4 is 5.73 Å². The van der Waals surface area contributed by atoms with E-state index in [0.717, 1.165) is 0 Å². The zero-order valence-electron chi connectivity index (χ0n) is 5.60. The highest BCUT2D eigenvalue weighted by Gasteiger charge is 2.11. The smallest absolute Gasteiger partial charge is 0.167 e. The van der Waals surface area contributed by atoms with Gasteiger partial charge in [0.05, 0.1) is 17.3 Å². The van der Waals surface area contributed by atoms with Crippen molar-refractivity contribution in [1.82, 2.24) is 4.98 Å². The molecule has 0 bridgehead atoms. The molecule has 4 N–H and O–H groups in total. The van der Waals surface area contributed by atoms with Crippen LogP contribution in [-0.4, -0.2) is 16.4 Å². The fraction of sp³-hybridized carbons (Fsp3) is 0.167. The van der Waals surface area contributed by atoms with Crippen LogP contribution in [0.4, 0.5) is 5.82 Å². The maximum atomic E-state index is 10.3. The number of anilines is 1. The minimum Gasteiger partial charge on any atom is -0.391 e. The molecule has 11 heavy (non-hydrogen) atoms. The third-order valence-corrected chi connectivity index (χ3v) is 1.80. The largest absolute Gasteiger partial charge is 0.391 e. The van der Waals surface area contributed by atoms with Crippen LogP contribution in [0.1, 0.15) is 16.1 Å². The average Bonchev–Trinajstić information content (AvgIpc) is 2.26. The molecule has 1 aromatic heterocycles. The van der Waals surface area contributed by atoms with E-state index in [1.807, 2.05) is 0 Å². The Bertz CT molecular complexity index is 282. The Morgan fingerprint density at radius 3 is 2.64 bits per heavy atom. The molecule has 0 unspecified atom stereocenters. The second-order valence-electron chi connectivity index (χ2n) is 2.02. The lowest BCUT2D eigenvalue weighted by molar-refractivity contribution is 0.112. The lowest BCUT2D eigenvalue weighted by atomic mass is 10.3. The van der Waals surface area contributed by atoms with Gasteiger partial charge in [-0.3, -0.25) is 4.79 Å². The SMILES string of the molecule is Nc1[nH]c(C=O)c(Cl)c1CO. The molecular formula is C6H7ClN2O2. The van der Waals surface area contributed by atoms with Crippen molar-refractivity contribution in [2.75, 3.05) is 5.73 Å².